The number of benzene rings is 1. The van der Waals surface area contributed by atoms with Crippen LogP contribution in [0, 0.1) is 5.92 Å². The minimum atomic E-state index is 0.0217. The van der Waals surface area contributed by atoms with Crippen molar-refractivity contribution in [3.05, 3.63) is 28.8 Å². The minimum absolute atomic E-state index is 0.0217. The number of amides is 2. The van der Waals surface area contributed by atoms with Gasteiger partial charge in [-0.05, 0) is 56.1 Å². The molecule has 2 amide bonds. The molecule has 136 valence electrons. The number of nitrogens with zero attached hydrogens (tertiary/aromatic N) is 2. The van der Waals surface area contributed by atoms with Crippen molar-refractivity contribution in [3.63, 3.8) is 0 Å². The summed E-state index contributed by atoms with van der Waals surface area (Å²) >= 11 is 7.85. The quantitative estimate of drug-likeness (QED) is 0.743. The van der Waals surface area contributed by atoms with Gasteiger partial charge in [0.15, 0.2) is 0 Å². The van der Waals surface area contributed by atoms with E-state index < -0.39 is 0 Å². The van der Waals surface area contributed by atoms with E-state index in [0.717, 1.165) is 56.8 Å². The van der Waals surface area contributed by atoms with Gasteiger partial charge < -0.3 is 9.80 Å². The summed E-state index contributed by atoms with van der Waals surface area (Å²) in [6.45, 7) is 3.23. The normalized spacial score (nSPS) is 19.4. The van der Waals surface area contributed by atoms with E-state index in [1.54, 1.807) is 17.8 Å². The van der Waals surface area contributed by atoms with Gasteiger partial charge in [0.2, 0.25) is 5.91 Å². The van der Waals surface area contributed by atoms with E-state index in [-0.39, 0.29) is 5.91 Å². The molecule has 3 rings (SSSR count). The van der Waals surface area contributed by atoms with Gasteiger partial charge >= 0.3 is 0 Å². The zero-order valence-electron chi connectivity index (χ0n) is 14.7. The summed E-state index contributed by atoms with van der Waals surface area (Å²) in [6.07, 6.45) is 6.74. The maximum absolute atomic E-state index is 12.8. The van der Waals surface area contributed by atoms with Gasteiger partial charge in [0.05, 0.1) is 10.6 Å². The first kappa shape index (κ1) is 18.6. The molecule has 6 heteroatoms. The van der Waals surface area contributed by atoms with Crippen LogP contribution in [0.15, 0.2) is 23.1 Å². The predicted molar refractivity (Wildman–Crippen MR) is 102 cm³/mol. The fourth-order valence-electron chi connectivity index (χ4n) is 3.65. The Kier molecular flexibility index (Phi) is 6.29. The maximum atomic E-state index is 12.8. The molecule has 0 unspecified atom stereocenters. The van der Waals surface area contributed by atoms with Crippen LogP contribution in [0.25, 0.3) is 0 Å². The molecule has 2 saturated heterocycles. The van der Waals surface area contributed by atoms with Crippen molar-refractivity contribution in [2.24, 2.45) is 5.92 Å². The molecule has 2 heterocycles. The second-order valence-electron chi connectivity index (χ2n) is 6.88. The number of carbonyl (C=O) groups excluding carboxylic acids is 2. The standard InChI is InChI=1S/C19H25ClN2O2S/c1-25-15-5-6-17(20)16(12-15)19(24)21-10-7-14(8-11-21)13-22-9-3-2-4-18(22)23/h5-6,12,14H,2-4,7-11,13H2,1H3. The Labute approximate surface area is 158 Å². The average molecular weight is 381 g/mol. The first-order valence-electron chi connectivity index (χ1n) is 8.99. The molecule has 0 atom stereocenters. The monoisotopic (exact) mass is 380 g/mol. The Hall–Kier alpha value is -1.20. The average Bonchev–Trinajstić information content (AvgIpc) is 2.64. The van der Waals surface area contributed by atoms with Crippen LogP contribution in [0.2, 0.25) is 5.02 Å². The number of thioether (sulfide) groups is 1. The Morgan fingerprint density at radius 1 is 1.24 bits per heavy atom. The molecule has 0 N–H and O–H groups in total. The molecule has 0 aliphatic carbocycles. The lowest BCUT2D eigenvalue weighted by Gasteiger charge is -2.36. The first-order valence-corrected chi connectivity index (χ1v) is 10.6. The molecule has 2 aliphatic heterocycles. The van der Waals surface area contributed by atoms with Gasteiger partial charge in [-0.15, -0.1) is 11.8 Å². The van der Waals surface area contributed by atoms with E-state index in [9.17, 15) is 9.59 Å². The van der Waals surface area contributed by atoms with Crippen molar-refractivity contribution in [2.75, 3.05) is 32.4 Å². The number of hydrogen-bond donors (Lipinski definition) is 0. The zero-order chi connectivity index (χ0) is 17.8. The summed E-state index contributed by atoms with van der Waals surface area (Å²) in [4.78, 5) is 29.7. The molecule has 4 nitrogen and oxygen atoms in total. The molecule has 0 radical (unpaired) electrons. The van der Waals surface area contributed by atoms with Crippen LogP contribution in [0.4, 0.5) is 0 Å². The number of carbonyl (C=O) groups is 2. The van der Waals surface area contributed by atoms with Crippen molar-refractivity contribution < 1.29 is 9.59 Å². The smallest absolute Gasteiger partial charge is 0.255 e. The van der Waals surface area contributed by atoms with E-state index in [1.165, 1.54) is 0 Å². The SMILES string of the molecule is CSc1ccc(Cl)c(C(=O)N2CCC(CN3CCCCC3=O)CC2)c1. The van der Waals surface area contributed by atoms with Crippen LogP contribution in [-0.4, -0.2) is 54.0 Å². The summed E-state index contributed by atoms with van der Waals surface area (Å²) in [6, 6.07) is 5.62. The zero-order valence-corrected chi connectivity index (χ0v) is 16.2. The highest BCUT2D eigenvalue weighted by atomic mass is 35.5. The van der Waals surface area contributed by atoms with Crippen molar-refractivity contribution in [1.29, 1.82) is 0 Å². The third-order valence-corrected chi connectivity index (χ3v) is 6.26. The summed E-state index contributed by atoms with van der Waals surface area (Å²) in [5.41, 5.74) is 0.596. The molecule has 0 aromatic heterocycles. The first-order chi connectivity index (χ1) is 12.1. The number of piperidine rings is 2. The Bertz CT molecular complexity index is 644. The van der Waals surface area contributed by atoms with Crippen LogP contribution >= 0.6 is 23.4 Å². The van der Waals surface area contributed by atoms with E-state index in [4.69, 9.17) is 11.6 Å². The predicted octanol–water partition coefficient (Wildman–Crippen LogP) is 3.93. The van der Waals surface area contributed by atoms with Gasteiger partial charge in [0, 0.05) is 37.5 Å². The van der Waals surface area contributed by atoms with E-state index in [2.05, 4.69) is 0 Å². The summed E-state index contributed by atoms with van der Waals surface area (Å²) in [5.74, 6) is 0.818. The molecule has 25 heavy (non-hydrogen) atoms. The molecule has 0 saturated carbocycles. The largest absolute Gasteiger partial charge is 0.342 e. The lowest BCUT2D eigenvalue weighted by atomic mass is 9.94. The number of rotatable bonds is 4. The fraction of sp³-hybridized carbons (Fsp3) is 0.579. The van der Waals surface area contributed by atoms with Gasteiger partial charge in [-0.1, -0.05) is 11.6 Å². The molecule has 1 aromatic carbocycles. The van der Waals surface area contributed by atoms with Crippen molar-refractivity contribution in [1.82, 2.24) is 9.80 Å². The van der Waals surface area contributed by atoms with E-state index in [1.807, 2.05) is 28.2 Å². The second kappa shape index (κ2) is 8.45. The van der Waals surface area contributed by atoms with Gasteiger partial charge in [-0.2, -0.15) is 0 Å². The molecule has 1 aromatic rings. The van der Waals surface area contributed by atoms with Crippen LogP contribution in [-0.2, 0) is 4.79 Å². The molecule has 0 spiro atoms. The summed E-state index contributed by atoms with van der Waals surface area (Å²) in [7, 11) is 0. The van der Waals surface area contributed by atoms with Gasteiger partial charge in [0.1, 0.15) is 0 Å². The molecule has 2 fully saturated rings. The highest BCUT2D eigenvalue weighted by Crippen LogP contribution is 2.27. The van der Waals surface area contributed by atoms with Crippen LogP contribution in [0.5, 0.6) is 0 Å². The molecule has 2 aliphatic rings. The third kappa shape index (κ3) is 4.50. The Morgan fingerprint density at radius 2 is 2.00 bits per heavy atom. The Morgan fingerprint density at radius 3 is 2.68 bits per heavy atom. The van der Waals surface area contributed by atoms with Crippen molar-refractivity contribution in [3.8, 4) is 0 Å². The number of halogens is 1. The lowest BCUT2D eigenvalue weighted by Crippen LogP contribution is -2.44. The maximum Gasteiger partial charge on any atom is 0.255 e. The molecule has 0 bridgehead atoms. The highest BCUT2D eigenvalue weighted by Gasteiger charge is 2.28. The Balaban J connectivity index is 1.56. The van der Waals surface area contributed by atoms with Crippen LogP contribution < -0.4 is 0 Å². The summed E-state index contributed by atoms with van der Waals surface area (Å²) in [5, 5.41) is 0.517. The second-order valence-corrected chi connectivity index (χ2v) is 8.17. The van der Waals surface area contributed by atoms with Crippen LogP contribution in [0.1, 0.15) is 42.5 Å². The van der Waals surface area contributed by atoms with E-state index in [0.29, 0.717) is 28.8 Å². The van der Waals surface area contributed by atoms with E-state index >= 15 is 0 Å². The molecular formula is C19H25ClN2O2S. The van der Waals surface area contributed by atoms with Crippen LogP contribution in [0.3, 0.4) is 0 Å². The number of likely N-dealkylation sites (tertiary alicyclic amines) is 2. The highest BCUT2D eigenvalue weighted by molar-refractivity contribution is 7.98. The lowest BCUT2D eigenvalue weighted by molar-refractivity contribution is -0.134. The number of hydrogen-bond acceptors (Lipinski definition) is 3. The fourth-order valence-corrected chi connectivity index (χ4v) is 4.29. The third-order valence-electron chi connectivity index (χ3n) is 5.21. The van der Waals surface area contributed by atoms with Crippen molar-refractivity contribution in [2.45, 2.75) is 37.0 Å². The molecular weight excluding hydrogens is 356 g/mol. The minimum Gasteiger partial charge on any atom is -0.342 e. The topological polar surface area (TPSA) is 40.6 Å². The summed E-state index contributed by atoms with van der Waals surface area (Å²) < 4.78 is 0. The van der Waals surface area contributed by atoms with Crippen molar-refractivity contribution >= 4 is 35.2 Å². The van der Waals surface area contributed by atoms with Gasteiger partial charge in [-0.3, -0.25) is 9.59 Å². The van der Waals surface area contributed by atoms with Gasteiger partial charge in [0.25, 0.3) is 5.91 Å². The van der Waals surface area contributed by atoms with Gasteiger partial charge in [-0.25, -0.2) is 0 Å².